The van der Waals surface area contributed by atoms with E-state index in [4.69, 9.17) is 9.47 Å². The fourth-order valence-electron chi connectivity index (χ4n) is 8.42. The van der Waals surface area contributed by atoms with Crippen LogP contribution in [0, 0.1) is 0 Å². The minimum atomic E-state index is -0.225. The molecule has 6 aromatic carbocycles. The minimum absolute atomic E-state index is 0.0413. The van der Waals surface area contributed by atoms with E-state index in [0.29, 0.717) is 0 Å². The molecule has 4 heteroatoms. The van der Waals surface area contributed by atoms with Gasteiger partial charge in [-0.2, -0.15) is 0 Å². The van der Waals surface area contributed by atoms with Crippen LogP contribution in [0.25, 0.3) is 0 Å². The number of rotatable bonds is 16. The van der Waals surface area contributed by atoms with Crippen LogP contribution in [0.1, 0.15) is 87.7 Å². The second-order valence-corrected chi connectivity index (χ2v) is 14.7. The van der Waals surface area contributed by atoms with E-state index in [1.807, 2.05) is 0 Å². The van der Waals surface area contributed by atoms with E-state index >= 15 is 0 Å². The van der Waals surface area contributed by atoms with E-state index < -0.39 is 0 Å². The molecular formula is C50H52O4. The normalized spacial score (nSPS) is 13.7. The first-order valence-corrected chi connectivity index (χ1v) is 19.6. The topological polar surface area (TPSA) is 58.9 Å². The molecule has 0 unspecified atom stereocenters. The Hall–Kier alpha value is -5.16. The van der Waals surface area contributed by atoms with Crippen molar-refractivity contribution in [2.45, 2.75) is 63.2 Å². The van der Waals surface area contributed by atoms with Crippen LogP contribution < -0.4 is 9.47 Å². The Morgan fingerprint density at radius 2 is 0.704 bits per heavy atom. The summed E-state index contributed by atoms with van der Waals surface area (Å²) in [5.74, 6) is 1.77. The van der Waals surface area contributed by atoms with Crippen LogP contribution in [-0.2, 0) is 31.1 Å². The average molecular weight is 717 g/mol. The largest absolute Gasteiger partial charge is 0.491 e. The summed E-state index contributed by atoms with van der Waals surface area (Å²) in [4.78, 5) is 0. The molecule has 0 amide bonds. The van der Waals surface area contributed by atoms with E-state index in [0.717, 1.165) is 85.1 Å². The molecule has 0 spiro atoms. The third-order valence-electron chi connectivity index (χ3n) is 10.9. The first-order valence-electron chi connectivity index (χ1n) is 19.6. The summed E-state index contributed by atoms with van der Waals surface area (Å²) < 4.78 is 13.0. The zero-order valence-electron chi connectivity index (χ0n) is 31.3. The molecule has 4 nitrogen and oxygen atoms in total. The van der Waals surface area contributed by atoms with Crippen LogP contribution in [0.15, 0.2) is 146 Å². The molecule has 0 heterocycles. The maximum Gasteiger partial charge on any atom is 0.126 e. The monoisotopic (exact) mass is 716 g/mol. The fraction of sp³-hybridized carbons (Fsp3) is 0.280. The molecule has 1 aliphatic rings. The standard InChI is InChI=1S/C50H52O4/c51-26-28-53-48-42(30-38-16-6-1-7-17-38)34-46(35-43(48)31-39-18-8-2-9-19-39)50(24-14-5-15-25-50)47-36-44(32-40-20-10-3-11-21-40)49(54-29-27-52)45(37-47)33-41-22-12-4-13-23-41/h1-4,6-13,16-23,34-37,51-52H,5,14-15,24-33H2. The van der Waals surface area contributed by atoms with Gasteiger partial charge in [0.1, 0.15) is 24.7 Å². The maximum absolute atomic E-state index is 9.93. The zero-order valence-corrected chi connectivity index (χ0v) is 31.3. The van der Waals surface area contributed by atoms with Crippen LogP contribution >= 0.6 is 0 Å². The Morgan fingerprint density at radius 1 is 0.407 bits per heavy atom. The van der Waals surface area contributed by atoms with Crippen LogP contribution in [0.4, 0.5) is 0 Å². The molecule has 2 N–H and O–H groups in total. The molecule has 0 saturated heterocycles. The van der Waals surface area contributed by atoms with Gasteiger partial charge < -0.3 is 19.7 Å². The van der Waals surface area contributed by atoms with Gasteiger partial charge in [0, 0.05) is 31.1 Å². The van der Waals surface area contributed by atoms with Gasteiger partial charge in [0.25, 0.3) is 0 Å². The van der Waals surface area contributed by atoms with Crippen molar-refractivity contribution in [1.29, 1.82) is 0 Å². The lowest BCUT2D eigenvalue weighted by Gasteiger charge is -2.40. The Balaban J connectivity index is 1.45. The lowest BCUT2D eigenvalue weighted by Crippen LogP contribution is -2.31. The predicted octanol–water partition coefficient (Wildman–Crippen LogP) is 10.0. The number of ether oxygens (including phenoxy) is 2. The molecule has 1 saturated carbocycles. The average Bonchev–Trinajstić information content (AvgIpc) is 3.22. The second-order valence-electron chi connectivity index (χ2n) is 14.7. The van der Waals surface area contributed by atoms with Crippen molar-refractivity contribution < 1.29 is 19.7 Å². The van der Waals surface area contributed by atoms with Crippen molar-refractivity contribution in [2.24, 2.45) is 0 Å². The summed E-state index contributed by atoms with van der Waals surface area (Å²) in [6.45, 7) is 0.408. The molecule has 0 bridgehead atoms. The predicted molar refractivity (Wildman–Crippen MR) is 219 cm³/mol. The van der Waals surface area contributed by atoms with Gasteiger partial charge in [0.15, 0.2) is 0 Å². The third kappa shape index (κ3) is 8.95. The van der Waals surface area contributed by atoms with Crippen molar-refractivity contribution in [2.75, 3.05) is 26.4 Å². The Labute approximate surface area is 321 Å². The molecule has 0 radical (unpaired) electrons. The van der Waals surface area contributed by atoms with Gasteiger partial charge >= 0.3 is 0 Å². The quantitative estimate of drug-likeness (QED) is 0.105. The van der Waals surface area contributed by atoms with E-state index in [1.54, 1.807) is 0 Å². The summed E-state index contributed by atoms with van der Waals surface area (Å²) in [5, 5.41) is 19.9. The minimum Gasteiger partial charge on any atom is -0.491 e. The SMILES string of the molecule is OCCOc1c(Cc2ccccc2)cc(C2(c3cc(Cc4ccccc4)c(OCCO)c(Cc4ccccc4)c3)CCCCC2)cc1Cc1ccccc1. The highest BCUT2D eigenvalue weighted by Gasteiger charge is 2.38. The molecule has 0 aromatic heterocycles. The van der Waals surface area contributed by atoms with Crippen molar-refractivity contribution in [3.8, 4) is 11.5 Å². The molecule has 1 aliphatic carbocycles. The highest BCUT2D eigenvalue weighted by atomic mass is 16.5. The van der Waals surface area contributed by atoms with Crippen molar-refractivity contribution in [3.05, 3.63) is 201 Å². The third-order valence-corrected chi connectivity index (χ3v) is 10.9. The molecule has 1 fully saturated rings. The summed E-state index contributed by atoms with van der Waals surface area (Å²) >= 11 is 0. The molecule has 0 aliphatic heterocycles. The second kappa shape index (κ2) is 18.2. The number of benzene rings is 6. The first kappa shape index (κ1) is 37.2. The summed E-state index contributed by atoms with van der Waals surface area (Å²) in [5.41, 5.74) is 12.0. The zero-order chi connectivity index (χ0) is 37.0. The maximum atomic E-state index is 9.93. The van der Waals surface area contributed by atoms with Crippen molar-refractivity contribution in [3.63, 3.8) is 0 Å². The number of aliphatic hydroxyl groups is 2. The lowest BCUT2D eigenvalue weighted by molar-refractivity contribution is 0.199. The highest BCUT2D eigenvalue weighted by molar-refractivity contribution is 5.57. The fourth-order valence-corrected chi connectivity index (χ4v) is 8.42. The molecule has 54 heavy (non-hydrogen) atoms. The van der Waals surface area contributed by atoms with Gasteiger partial charge in [-0.1, -0.05) is 165 Å². The number of hydrogen-bond acceptors (Lipinski definition) is 4. The summed E-state index contributed by atoms with van der Waals surface area (Å²) in [6, 6.07) is 52.2. The highest BCUT2D eigenvalue weighted by Crippen LogP contribution is 2.49. The summed E-state index contributed by atoms with van der Waals surface area (Å²) in [7, 11) is 0. The smallest absolute Gasteiger partial charge is 0.126 e. The van der Waals surface area contributed by atoms with Gasteiger partial charge in [0.05, 0.1) is 13.2 Å². The van der Waals surface area contributed by atoms with Gasteiger partial charge in [-0.25, -0.2) is 0 Å². The molecule has 7 rings (SSSR count). The van der Waals surface area contributed by atoms with Crippen molar-refractivity contribution >= 4 is 0 Å². The molecule has 276 valence electrons. The summed E-state index contributed by atoms with van der Waals surface area (Å²) in [6.07, 6.45) is 8.56. The van der Waals surface area contributed by atoms with Gasteiger partial charge in [0.2, 0.25) is 0 Å². The molecular weight excluding hydrogens is 665 g/mol. The van der Waals surface area contributed by atoms with Gasteiger partial charge in [-0.3, -0.25) is 0 Å². The number of aliphatic hydroxyl groups excluding tert-OH is 2. The van der Waals surface area contributed by atoms with Crippen LogP contribution in [0.2, 0.25) is 0 Å². The van der Waals surface area contributed by atoms with Crippen molar-refractivity contribution in [1.82, 2.24) is 0 Å². The van der Waals surface area contributed by atoms with E-state index in [1.165, 1.54) is 39.8 Å². The van der Waals surface area contributed by atoms with Crippen LogP contribution in [-0.4, -0.2) is 36.6 Å². The van der Waals surface area contributed by atoms with E-state index in [2.05, 4.69) is 146 Å². The Morgan fingerprint density at radius 3 is 0.981 bits per heavy atom. The Kier molecular flexibility index (Phi) is 12.6. The molecule has 6 aromatic rings. The van der Waals surface area contributed by atoms with Gasteiger partial charge in [-0.15, -0.1) is 0 Å². The Bertz CT molecular complexity index is 1780. The lowest BCUT2D eigenvalue weighted by atomic mass is 9.64. The van der Waals surface area contributed by atoms with Crippen LogP contribution in [0.5, 0.6) is 11.5 Å². The number of hydrogen-bond donors (Lipinski definition) is 2. The van der Waals surface area contributed by atoms with E-state index in [9.17, 15) is 10.2 Å². The van der Waals surface area contributed by atoms with E-state index in [-0.39, 0.29) is 31.8 Å². The molecule has 0 atom stereocenters. The van der Waals surface area contributed by atoms with Crippen LogP contribution in [0.3, 0.4) is 0 Å². The van der Waals surface area contributed by atoms with Gasteiger partial charge in [-0.05, 0) is 68.5 Å². The first-order chi connectivity index (χ1) is 26.6.